The largest absolute Gasteiger partial charge is 0.497 e. The summed E-state index contributed by atoms with van der Waals surface area (Å²) in [5.41, 5.74) is 3.38. The summed E-state index contributed by atoms with van der Waals surface area (Å²) in [7, 11) is 0.572. The Hall–Kier alpha value is -3.53. The van der Waals surface area contributed by atoms with Crippen molar-refractivity contribution in [1.29, 1.82) is 0 Å². The number of sulfonamides is 1. The molecule has 0 unspecified atom stereocenters. The van der Waals surface area contributed by atoms with Gasteiger partial charge in [-0.15, -0.1) is 0 Å². The molecule has 0 radical (unpaired) electrons. The highest BCUT2D eigenvalue weighted by Crippen LogP contribution is 2.31. The van der Waals surface area contributed by atoms with E-state index < -0.39 is 22.5 Å². The number of aryl methyl sites for hydroxylation is 4. The van der Waals surface area contributed by atoms with Crippen LogP contribution in [-0.4, -0.2) is 44.9 Å². The zero-order valence-electron chi connectivity index (χ0n) is 20.5. The number of amides is 1. The maximum absolute atomic E-state index is 13.9. The van der Waals surface area contributed by atoms with E-state index in [1.165, 1.54) is 18.9 Å². The Kier molecular flexibility index (Phi) is 7.21. The molecule has 3 rings (SSSR count). The number of anilines is 2. The number of hydrogen-bond donors (Lipinski definition) is 1. The number of nitrogens with zero attached hydrogens (tertiary/aromatic N) is 3. The third-order valence-electron chi connectivity index (χ3n) is 5.45. The van der Waals surface area contributed by atoms with E-state index in [4.69, 9.17) is 9.47 Å². The Morgan fingerprint density at radius 2 is 1.68 bits per heavy atom. The second-order valence-electron chi connectivity index (χ2n) is 8.10. The molecule has 2 aromatic carbocycles. The first-order valence-corrected chi connectivity index (χ1v) is 12.0. The summed E-state index contributed by atoms with van der Waals surface area (Å²) in [5, 5.41) is 7.01. The predicted molar refractivity (Wildman–Crippen MR) is 131 cm³/mol. The van der Waals surface area contributed by atoms with Gasteiger partial charge in [0.25, 0.3) is 10.0 Å². The highest BCUT2D eigenvalue weighted by atomic mass is 32.2. The van der Waals surface area contributed by atoms with E-state index in [1.807, 2.05) is 19.9 Å². The van der Waals surface area contributed by atoms with Crippen LogP contribution < -0.4 is 19.1 Å². The monoisotopic (exact) mass is 486 g/mol. The summed E-state index contributed by atoms with van der Waals surface area (Å²) >= 11 is 0. The van der Waals surface area contributed by atoms with Crippen LogP contribution >= 0.6 is 0 Å². The SMILES string of the molecule is COc1ccc(OC)c(NC(=O)CN(c2cc(C)cc(C)c2)S(=O)(=O)c2c(C)nn(C)c2C)c1. The molecular formula is C24H30N4O5S. The maximum Gasteiger partial charge on any atom is 0.268 e. The molecule has 0 saturated heterocycles. The molecule has 9 nitrogen and oxygen atoms in total. The predicted octanol–water partition coefficient (Wildman–Crippen LogP) is 3.50. The van der Waals surface area contributed by atoms with Crippen molar-refractivity contribution >= 4 is 27.3 Å². The molecule has 10 heteroatoms. The third kappa shape index (κ3) is 5.01. The van der Waals surface area contributed by atoms with Crippen molar-refractivity contribution in [2.24, 2.45) is 7.05 Å². The van der Waals surface area contributed by atoms with Crippen LogP contribution in [0.3, 0.4) is 0 Å². The first-order valence-electron chi connectivity index (χ1n) is 10.6. The van der Waals surface area contributed by atoms with Gasteiger partial charge in [0.2, 0.25) is 5.91 Å². The van der Waals surface area contributed by atoms with E-state index in [-0.39, 0.29) is 4.90 Å². The molecule has 34 heavy (non-hydrogen) atoms. The van der Waals surface area contributed by atoms with Crippen LogP contribution in [0.4, 0.5) is 11.4 Å². The molecule has 0 spiro atoms. The van der Waals surface area contributed by atoms with E-state index in [0.717, 1.165) is 15.4 Å². The highest BCUT2D eigenvalue weighted by Gasteiger charge is 2.33. The Morgan fingerprint density at radius 1 is 1.03 bits per heavy atom. The van der Waals surface area contributed by atoms with Crippen molar-refractivity contribution in [1.82, 2.24) is 9.78 Å². The van der Waals surface area contributed by atoms with Crippen LogP contribution in [-0.2, 0) is 21.9 Å². The summed E-state index contributed by atoms with van der Waals surface area (Å²) in [6.07, 6.45) is 0. The number of hydrogen-bond acceptors (Lipinski definition) is 6. The number of rotatable bonds is 8. The number of ether oxygens (including phenoxy) is 2. The van der Waals surface area contributed by atoms with Gasteiger partial charge in [-0.25, -0.2) is 8.42 Å². The normalized spacial score (nSPS) is 11.3. The fourth-order valence-electron chi connectivity index (χ4n) is 3.88. The molecule has 182 valence electrons. The molecule has 1 N–H and O–H groups in total. The van der Waals surface area contributed by atoms with E-state index in [2.05, 4.69) is 10.4 Å². The van der Waals surface area contributed by atoms with Gasteiger partial charge in [-0.2, -0.15) is 5.10 Å². The number of nitrogens with one attached hydrogen (secondary N) is 1. The fourth-order valence-corrected chi connectivity index (χ4v) is 5.69. The van der Waals surface area contributed by atoms with Gasteiger partial charge in [0.15, 0.2) is 0 Å². The molecule has 3 aromatic rings. The zero-order chi connectivity index (χ0) is 25.2. The van der Waals surface area contributed by atoms with Gasteiger partial charge in [0, 0.05) is 13.1 Å². The van der Waals surface area contributed by atoms with Gasteiger partial charge in [0.1, 0.15) is 22.9 Å². The summed E-state index contributed by atoms with van der Waals surface area (Å²) in [6.45, 7) is 6.64. The molecule has 0 bridgehead atoms. The van der Waals surface area contributed by atoms with Gasteiger partial charge in [-0.1, -0.05) is 6.07 Å². The second kappa shape index (κ2) is 9.76. The van der Waals surface area contributed by atoms with Crippen LogP contribution in [0.5, 0.6) is 11.5 Å². The first-order chi connectivity index (χ1) is 16.0. The Labute approximate surface area is 200 Å². The van der Waals surface area contributed by atoms with Crippen molar-refractivity contribution in [2.75, 3.05) is 30.4 Å². The lowest BCUT2D eigenvalue weighted by molar-refractivity contribution is -0.114. The molecule has 0 aliphatic rings. The summed E-state index contributed by atoms with van der Waals surface area (Å²) in [4.78, 5) is 13.2. The van der Waals surface area contributed by atoms with Gasteiger partial charge in [0.05, 0.1) is 37.0 Å². The van der Waals surface area contributed by atoms with Crippen LogP contribution in [0.2, 0.25) is 0 Å². The van der Waals surface area contributed by atoms with Gasteiger partial charge < -0.3 is 14.8 Å². The lowest BCUT2D eigenvalue weighted by Crippen LogP contribution is -2.38. The topological polar surface area (TPSA) is 103 Å². The molecule has 0 atom stereocenters. The van der Waals surface area contributed by atoms with E-state index in [0.29, 0.717) is 34.3 Å². The van der Waals surface area contributed by atoms with Gasteiger partial charge in [-0.3, -0.25) is 13.8 Å². The average molecular weight is 487 g/mol. The van der Waals surface area contributed by atoms with Crippen LogP contribution in [0, 0.1) is 27.7 Å². The van der Waals surface area contributed by atoms with Crippen molar-refractivity contribution in [3.8, 4) is 11.5 Å². The van der Waals surface area contributed by atoms with Crippen molar-refractivity contribution < 1.29 is 22.7 Å². The van der Waals surface area contributed by atoms with Gasteiger partial charge in [-0.05, 0) is 63.1 Å². The van der Waals surface area contributed by atoms with Crippen molar-refractivity contribution in [3.05, 3.63) is 58.9 Å². The summed E-state index contributed by atoms with van der Waals surface area (Å²) in [5.74, 6) is 0.416. The molecule has 0 aliphatic carbocycles. The fraction of sp³-hybridized carbons (Fsp3) is 0.333. The van der Waals surface area contributed by atoms with Crippen molar-refractivity contribution in [2.45, 2.75) is 32.6 Å². The lowest BCUT2D eigenvalue weighted by Gasteiger charge is -2.25. The Balaban J connectivity index is 2.06. The molecule has 1 aromatic heterocycles. The number of carbonyl (C=O) groups is 1. The number of benzene rings is 2. The Bertz CT molecular complexity index is 1310. The van der Waals surface area contributed by atoms with Crippen molar-refractivity contribution in [3.63, 3.8) is 0 Å². The minimum Gasteiger partial charge on any atom is -0.497 e. The minimum absolute atomic E-state index is 0.0842. The standard InChI is InChI=1S/C24H30N4O5S/c1-15-10-16(2)12-19(11-15)28(34(30,31)24-17(3)26-27(5)18(24)4)14-23(29)25-21-13-20(32-6)8-9-22(21)33-7/h8-13H,14H2,1-7H3,(H,25,29). The number of methoxy groups -OCH3 is 2. The van der Waals surface area contributed by atoms with Crippen LogP contribution in [0.25, 0.3) is 0 Å². The molecular weight excluding hydrogens is 456 g/mol. The number of aromatic nitrogens is 2. The molecule has 0 aliphatic heterocycles. The van der Waals surface area contributed by atoms with E-state index in [9.17, 15) is 13.2 Å². The number of carbonyl (C=O) groups excluding carboxylic acids is 1. The van der Waals surface area contributed by atoms with Gasteiger partial charge >= 0.3 is 0 Å². The minimum atomic E-state index is -4.11. The second-order valence-corrected chi connectivity index (χ2v) is 9.89. The molecule has 0 saturated carbocycles. The zero-order valence-corrected chi connectivity index (χ0v) is 21.3. The smallest absolute Gasteiger partial charge is 0.268 e. The first kappa shape index (κ1) is 25.1. The highest BCUT2D eigenvalue weighted by molar-refractivity contribution is 7.93. The lowest BCUT2D eigenvalue weighted by atomic mass is 10.1. The Morgan fingerprint density at radius 3 is 2.21 bits per heavy atom. The van der Waals surface area contributed by atoms with Crippen LogP contribution in [0.15, 0.2) is 41.3 Å². The maximum atomic E-state index is 13.9. The quantitative estimate of drug-likeness (QED) is 0.523. The molecule has 1 heterocycles. The summed E-state index contributed by atoms with van der Waals surface area (Å²) in [6, 6.07) is 10.4. The van der Waals surface area contributed by atoms with Crippen LogP contribution in [0.1, 0.15) is 22.5 Å². The molecule has 1 amide bonds. The molecule has 0 fully saturated rings. The summed E-state index contributed by atoms with van der Waals surface area (Å²) < 4.78 is 40.9. The third-order valence-corrected chi connectivity index (χ3v) is 7.48. The average Bonchev–Trinajstić information content (AvgIpc) is 3.02. The van der Waals surface area contributed by atoms with E-state index >= 15 is 0 Å². The van der Waals surface area contributed by atoms with E-state index in [1.54, 1.807) is 51.2 Å².